The summed E-state index contributed by atoms with van der Waals surface area (Å²) in [6.07, 6.45) is 1.08. The second kappa shape index (κ2) is 4.86. The Labute approximate surface area is 97.7 Å². The lowest BCUT2D eigenvalue weighted by atomic mass is 10.1. The molecule has 1 aliphatic rings. The number of benzene rings is 1. The zero-order chi connectivity index (χ0) is 10.7. The molecule has 1 fully saturated rings. The van der Waals surface area contributed by atoms with E-state index in [2.05, 4.69) is 15.9 Å². The van der Waals surface area contributed by atoms with E-state index < -0.39 is 0 Å². The molecule has 1 heterocycles. The van der Waals surface area contributed by atoms with E-state index in [-0.39, 0.29) is 0 Å². The number of halogens is 1. The average molecular weight is 272 g/mol. The zero-order valence-corrected chi connectivity index (χ0v) is 10.00. The van der Waals surface area contributed by atoms with E-state index in [0.717, 1.165) is 29.9 Å². The molecule has 1 aliphatic heterocycles. The predicted molar refractivity (Wildman–Crippen MR) is 63.0 cm³/mol. The molecule has 1 unspecified atom stereocenters. The van der Waals surface area contributed by atoms with E-state index in [4.69, 9.17) is 15.2 Å². The first-order valence-corrected chi connectivity index (χ1v) is 5.80. The lowest BCUT2D eigenvalue weighted by molar-refractivity contribution is 0.167. The topological polar surface area (TPSA) is 44.5 Å². The fourth-order valence-electron chi connectivity index (χ4n) is 1.56. The number of anilines is 1. The number of ether oxygens (including phenoxy) is 2. The van der Waals surface area contributed by atoms with Crippen molar-refractivity contribution in [3.05, 3.63) is 22.7 Å². The molecule has 0 aliphatic carbocycles. The van der Waals surface area contributed by atoms with Crippen LogP contribution in [0.5, 0.6) is 5.75 Å². The Balaban J connectivity index is 1.94. The van der Waals surface area contributed by atoms with Gasteiger partial charge in [0.2, 0.25) is 0 Å². The van der Waals surface area contributed by atoms with E-state index in [9.17, 15) is 0 Å². The molecular formula is C11H14BrNO2. The van der Waals surface area contributed by atoms with E-state index in [1.807, 2.05) is 18.2 Å². The Hall–Kier alpha value is -0.740. The normalized spacial score (nSPS) is 20.5. The van der Waals surface area contributed by atoms with Gasteiger partial charge in [0.15, 0.2) is 0 Å². The summed E-state index contributed by atoms with van der Waals surface area (Å²) in [5.41, 5.74) is 6.47. The van der Waals surface area contributed by atoms with Crippen LogP contribution >= 0.6 is 15.9 Å². The lowest BCUT2D eigenvalue weighted by Gasteiger charge is -2.12. The molecule has 4 heteroatoms. The fourth-order valence-corrected chi connectivity index (χ4v) is 1.90. The maximum Gasteiger partial charge on any atom is 0.143 e. The molecule has 1 aromatic carbocycles. The maximum atomic E-state index is 5.80. The van der Waals surface area contributed by atoms with Crippen molar-refractivity contribution in [1.82, 2.24) is 0 Å². The van der Waals surface area contributed by atoms with Crippen molar-refractivity contribution in [1.29, 1.82) is 0 Å². The zero-order valence-electron chi connectivity index (χ0n) is 8.41. The van der Waals surface area contributed by atoms with Crippen molar-refractivity contribution in [3.8, 4) is 5.75 Å². The standard InChI is InChI=1S/C11H14BrNO2/c12-9-1-2-10(13)11(5-9)15-7-8-3-4-14-6-8/h1-2,5,8H,3-4,6-7,13H2. The third kappa shape index (κ3) is 2.86. The molecule has 82 valence electrons. The van der Waals surface area contributed by atoms with Crippen LogP contribution in [-0.4, -0.2) is 19.8 Å². The van der Waals surface area contributed by atoms with Gasteiger partial charge >= 0.3 is 0 Å². The molecule has 0 saturated carbocycles. The SMILES string of the molecule is Nc1ccc(Br)cc1OCC1CCOC1. The third-order valence-electron chi connectivity index (χ3n) is 2.47. The molecule has 2 rings (SSSR count). The molecule has 0 bridgehead atoms. The summed E-state index contributed by atoms with van der Waals surface area (Å²) >= 11 is 3.39. The monoisotopic (exact) mass is 271 g/mol. The molecular weight excluding hydrogens is 258 g/mol. The van der Waals surface area contributed by atoms with E-state index in [1.165, 1.54) is 0 Å². The van der Waals surface area contributed by atoms with Crippen molar-refractivity contribution in [2.24, 2.45) is 5.92 Å². The summed E-state index contributed by atoms with van der Waals surface area (Å²) in [5, 5.41) is 0. The first-order valence-electron chi connectivity index (χ1n) is 5.01. The van der Waals surface area contributed by atoms with Gasteiger partial charge in [-0.3, -0.25) is 0 Å². The fraction of sp³-hybridized carbons (Fsp3) is 0.455. The van der Waals surface area contributed by atoms with Crippen molar-refractivity contribution >= 4 is 21.6 Å². The van der Waals surface area contributed by atoms with Crippen LogP contribution in [-0.2, 0) is 4.74 Å². The maximum absolute atomic E-state index is 5.80. The number of nitrogen functional groups attached to an aromatic ring is 1. The highest BCUT2D eigenvalue weighted by molar-refractivity contribution is 9.10. The molecule has 0 amide bonds. The molecule has 1 saturated heterocycles. The van der Waals surface area contributed by atoms with Gasteiger partial charge in [0, 0.05) is 17.0 Å². The Bertz CT molecular complexity index is 337. The van der Waals surface area contributed by atoms with Crippen LogP contribution in [0, 0.1) is 5.92 Å². The Morgan fingerprint density at radius 1 is 1.53 bits per heavy atom. The van der Waals surface area contributed by atoms with Gasteiger partial charge in [-0.25, -0.2) is 0 Å². The average Bonchev–Trinajstić information content (AvgIpc) is 2.72. The second-order valence-electron chi connectivity index (χ2n) is 3.72. The van der Waals surface area contributed by atoms with Crippen LogP contribution in [0.15, 0.2) is 22.7 Å². The van der Waals surface area contributed by atoms with Crippen LogP contribution in [0.4, 0.5) is 5.69 Å². The minimum atomic E-state index is 0.503. The molecule has 15 heavy (non-hydrogen) atoms. The summed E-state index contributed by atoms with van der Waals surface area (Å²) in [6, 6.07) is 5.64. The minimum absolute atomic E-state index is 0.503. The van der Waals surface area contributed by atoms with Crippen molar-refractivity contribution < 1.29 is 9.47 Å². The van der Waals surface area contributed by atoms with E-state index in [0.29, 0.717) is 18.2 Å². The largest absolute Gasteiger partial charge is 0.491 e. The number of rotatable bonds is 3. The highest BCUT2D eigenvalue weighted by atomic mass is 79.9. The first kappa shape index (κ1) is 10.8. The highest BCUT2D eigenvalue weighted by Gasteiger charge is 2.16. The predicted octanol–water partition coefficient (Wildman–Crippen LogP) is 2.45. The smallest absolute Gasteiger partial charge is 0.143 e. The number of nitrogens with two attached hydrogens (primary N) is 1. The van der Waals surface area contributed by atoms with E-state index >= 15 is 0 Å². The van der Waals surface area contributed by atoms with Crippen LogP contribution in [0.1, 0.15) is 6.42 Å². The van der Waals surface area contributed by atoms with Crippen molar-refractivity contribution in [3.63, 3.8) is 0 Å². The number of hydrogen-bond acceptors (Lipinski definition) is 3. The summed E-state index contributed by atoms with van der Waals surface area (Å²) in [4.78, 5) is 0. The molecule has 0 radical (unpaired) electrons. The quantitative estimate of drug-likeness (QED) is 0.859. The molecule has 2 N–H and O–H groups in total. The highest BCUT2D eigenvalue weighted by Crippen LogP contribution is 2.26. The van der Waals surface area contributed by atoms with Crippen LogP contribution < -0.4 is 10.5 Å². The minimum Gasteiger partial charge on any atom is -0.491 e. The van der Waals surface area contributed by atoms with Gasteiger partial charge in [0.1, 0.15) is 5.75 Å². The van der Waals surface area contributed by atoms with Crippen LogP contribution in [0.2, 0.25) is 0 Å². The van der Waals surface area contributed by atoms with Crippen molar-refractivity contribution in [2.75, 3.05) is 25.6 Å². The Morgan fingerprint density at radius 3 is 3.13 bits per heavy atom. The summed E-state index contributed by atoms with van der Waals surface area (Å²) in [5.74, 6) is 1.25. The number of hydrogen-bond donors (Lipinski definition) is 1. The van der Waals surface area contributed by atoms with Crippen molar-refractivity contribution in [2.45, 2.75) is 6.42 Å². The molecule has 3 nitrogen and oxygen atoms in total. The van der Waals surface area contributed by atoms with Gasteiger partial charge in [-0.1, -0.05) is 15.9 Å². The van der Waals surface area contributed by atoms with Gasteiger partial charge in [0.25, 0.3) is 0 Å². The summed E-state index contributed by atoms with van der Waals surface area (Å²) < 4.78 is 11.9. The van der Waals surface area contributed by atoms with Crippen LogP contribution in [0.25, 0.3) is 0 Å². The Morgan fingerprint density at radius 2 is 2.40 bits per heavy atom. The van der Waals surface area contributed by atoms with Gasteiger partial charge in [-0.2, -0.15) is 0 Å². The van der Waals surface area contributed by atoms with Gasteiger partial charge in [-0.05, 0) is 24.6 Å². The van der Waals surface area contributed by atoms with Crippen LogP contribution in [0.3, 0.4) is 0 Å². The van der Waals surface area contributed by atoms with Gasteiger partial charge in [0.05, 0.1) is 18.9 Å². The summed E-state index contributed by atoms with van der Waals surface area (Å²) in [7, 11) is 0. The third-order valence-corrected chi connectivity index (χ3v) is 2.97. The van der Waals surface area contributed by atoms with Gasteiger partial charge in [-0.15, -0.1) is 0 Å². The lowest BCUT2D eigenvalue weighted by Crippen LogP contribution is -2.12. The molecule has 1 aromatic rings. The molecule has 1 atom stereocenters. The Kier molecular flexibility index (Phi) is 3.49. The molecule has 0 spiro atoms. The second-order valence-corrected chi connectivity index (χ2v) is 4.64. The first-order chi connectivity index (χ1) is 7.25. The van der Waals surface area contributed by atoms with Gasteiger partial charge < -0.3 is 15.2 Å². The summed E-state index contributed by atoms with van der Waals surface area (Å²) in [6.45, 7) is 2.33. The van der Waals surface area contributed by atoms with E-state index in [1.54, 1.807) is 0 Å². The molecule has 0 aromatic heterocycles.